The predicted octanol–water partition coefficient (Wildman–Crippen LogP) is 3.95. The quantitative estimate of drug-likeness (QED) is 0.284. The molecule has 3 aromatic carbocycles. The van der Waals surface area contributed by atoms with Crippen molar-refractivity contribution in [3.05, 3.63) is 93.6 Å². The zero-order chi connectivity index (χ0) is 21.6. The van der Waals surface area contributed by atoms with Crippen LogP contribution in [0.15, 0.2) is 88.9 Å². The van der Waals surface area contributed by atoms with Gasteiger partial charge in [0.2, 0.25) is 0 Å². The Balaban J connectivity index is 1.81. The van der Waals surface area contributed by atoms with Crippen LogP contribution in [0.3, 0.4) is 0 Å². The second-order valence-electron chi connectivity index (χ2n) is 6.51. The number of hydrazone groups is 1. The smallest absolute Gasteiger partial charge is 0.264 e. The summed E-state index contributed by atoms with van der Waals surface area (Å²) in [5.74, 6) is -0.545. The molecular weight excluding hydrogens is 513 g/mol. The lowest BCUT2D eigenvalue weighted by Gasteiger charge is -2.23. The van der Waals surface area contributed by atoms with Crippen LogP contribution in [-0.2, 0) is 14.8 Å². The maximum absolute atomic E-state index is 13.2. The Morgan fingerprint density at radius 3 is 2.27 bits per heavy atom. The lowest BCUT2D eigenvalue weighted by atomic mass is 10.2. The molecule has 0 saturated carbocycles. The molecule has 1 amide bonds. The minimum absolute atomic E-state index is 0.111. The summed E-state index contributed by atoms with van der Waals surface area (Å²) in [6.45, 7) is 1.58. The van der Waals surface area contributed by atoms with Gasteiger partial charge in [-0.15, -0.1) is 0 Å². The summed E-state index contributed by atoms with van der Waals surface area (Å²) in [5, 5.41) is 3.94. The number of carbonyl (C=O) groups is 1. The number of sulfonamides is 1. The molecule has 0 aliphatic carbocycles. The SMILES string of the molecule is Cc1ccc(/C=N\NC(=O)CN(c2ccc(I)cc2)S(=O)(=O)c2ccccc2)cc1. The zero-order valence-corrected chi connectivity index (χ0v) is 19.2. The molecule has 0 aromatic heterocycles. The molecule has 6 nitrogen and oxygen atoms in total. The second kappa shape index (κ2) is 9.86. The maximum atomic E-state index is 13.2. The normalized spacial score (nSPS) is 11.4. The molecule has 0 radical (unpaired) electrons. The van der Waals surface area contributed by atoms with Gasteiger partial charge < -0.3 is 0 Å². The van der Waals surface area contributed by atoms with Crippen LogP contribution in [0, 0.1) is 10.5 Å². The predicted molar refractivity (Wildman–Crippen MR) is 127 cm³/mol. The second-order valence-corrected chi connectivity index (χ2v) is 9.61. The third-order valence-electron chi connectivity index (χ3n) is 4.21. The van der Waals surface area contributed by atoms with Crippen molar-refractivity contribution in [2.75, 3.05) is 10.8 Å². The van der Waals surface area contributed by atoms with E-state index in [1.807, 2.05) is 31.2 Å². The van der Waals surface area contributed by atoms with E-state index in [9.17, 15) is 13.2 Å². The molecule has 0 atom stereocenters. The number of hydrogen-bond acceptors (Lipinski definition) is 4. The van der Waals surface area contributed by atoms with Crippen LogP contribution in [0.2, 0.25) is 0 Å². The van der Waals surface area contributed by atoms with Crippen molar-refractivity contribution >= 4 is 50.4 Å². The molecule has 8 heteroatoms. The molecule has 0 aliphatic heterocycles. The number of benzene rings is 3. The highest BCUT2D eigenvalue weighted by molar-refractivity contribution is 14.1. The number of nitrogens with zero attached hydrogens (tertiary/aromatic N) is 2. The third kappa shape index (κ3) is 5.67. The van der Waals surface area contributed by atoms with E-state index in [4.69, 9.17) is 0 Å². The van der Waals surface area contributed by atoms with Gasteiger partial charge in [0.1, 0.15) is 6.54 Å². The average molecular weight is 533 g/mol. The van der Waals surface area contributed by atoms with Crippen LogP contribution >= 0.6 is 22.6 Å². The largest absolute Gasteiger partial charge is 0.271 e. The minimum Gasteiger partial charge on any atom is -0.271 e. The Hall–Kier alpha value is -2.72. The molecule has 3 aromatic rings. The molecule has 0 heterocycles. The Morgan fingerprint density at radius 1 is 1.00 bits per heavy atom. The molecule has 0 fully saturated rings. The summed E-state index contributed by atoms with van der Waals surface area (Å²) in [5.41, 5.74) is 4.75. The highest BCUT2D eigenvalue weighted by Gasteiger charge is 2.27. The van der Waals surface area contributed by atoms with Crippen LogP contribution < -0.4 is 9.73 Å². The van der Waals surface area contributed by atoms with Gasteiger partial charge in [0.05, 0.1) is 16.8 Å². The van der Waals surface area contributed by atoms with E-state index in [-0.39, 0.29) is 4.90 Å². The number of hydrogen-bond donors (Lipinski definition) is 1. The van der Waals surface area contributed by atoms with Gasteiger partial charge in [-0.25, -0.2) is 13.8 Å². The van der Waals surface area contributed by atoms with Gasteiger partial charge in [-0.2, -0.15) is 5.10 Å². The molecule has 1 N–H and O–H groups in total. The highest BCUT2D eigenvalue weighted by atomic mass is 127. The first-order valence-electron chi connectivity index (χ1n) is 9.08. The van der Waals surface area contributed by atoms with Gasteiger partial charge in [-0.05, 0) is 71.5 Å². The van der Waals surface area contributed by atoms with Gasteiger partial charge >= 0.3 is 0 Å². The van der Waals surface area contributed by atoms with Crippen LogP contribution in [0.1, 0.15) is 11.1 Å². The van der Waals surface area contributed by atoms with E-state index in [0.29, 0.717) is 5.69 Å². The topological polar surface area (TPSA) is 78.8 Å². The van der Waals surface area contributed by atoms with E-state index in [1.54, 1.807) is 42.5 Å². The molecule has 30 heavy (non-hydrogen) atoms. The molecule has 0 spiro atoms. The fourth-order valence-electron chi connectivity index (χ4n) is 2.64. The van der Waals surface area contributed by atoms with Crippen molar-refractivity contribution in [3.8, 4) is 0 Å². The Morgan fingerprint density at radius 2 is 1.63 bits per heavy atom. The monoisotopic (exact) mass is 533 g/mol. The Labute approximate surface area is 189 Å². The minimum atomic E-state index is -3.93. The summed E-state index contributed by atoms with van der Waals surface area (Å²) in [7, 11) is -3.93. The lowest BCUT2D eigenvalue weighted by molar-refractivity contribution is -0.119. The number of halogens is 1. The third-order valence-corrected chi connectivity index (χ3v) is 6.72. The first-order chi connectivity index (χ1) is 14.4. The fraction of sp³-hybridized carbons (Fsp3) is 0.0909. The van der Waals surface area contributed by atoms with Crippen molar-refractivity contribution in [2.45, 2.75) is 11.8 Å². The number of rotatable bonds is 7. The number of aryl methyl sites for hydroxylation is 1. The number of carbonyl (C=O) groups excluding carboxylic acids is 1. The van der Waals surface area contributed by atoms with Crippen molar-refractivity contribution in [2.24, 2.45) is 5.10 Å². The van der Waals surface area contributed by atoms with Crippen molar-refractivity contribution in [1.29, 1.82) is 0 Å². The Kier molecular flexibility index (Phi) is 7.22. The summed E-state index contributed by atoms with van der Waals surface area (Å²) >= 11 is 2.14. The number of anilines is 1. The molecule has 3 rings (SSSR count). The zero-order valence-electron chi connectivity index (χ0n) is 16.2. The Bertz CT molecular complexity index is 1130. The van der Waals surface area contributed by atoms with Crippen molar-refractivity contribution < 1.29 is 13.2 Å². The van der Waals surface area contributed by atoms with E-state index in [1.165, 1.54) is 18.3 Å². The summed E-state index contributed by atoms with van der Waals surface area (Å²) in [6, 6.07) is 22.6. The fourth-order valence-corrected chi connectivity index (χ4v) is 4.44. The summed E-state index contributed by atoms with van der Waals surface area (Å²) in [4.78, 5) is 12.6. The van der Waals surface area contributed by atoms with E-state index in [0.717, 1.165) is 19.0 Å². The van der Waals surface area contributed by atoms with Crippen LogP contribution in [0.25, 0.3) is 0 Å². The summed E-state index contributed by atoms with van der Waals surface area (Å²) in [6.07, 6.45) is 1.51. The maximum Gasteiger partial charge on any atom is 0.264 e. The van der Waals surface area contributed by atoms with Crippen molar-refractivity contribution in [1.82, 2.24) is 5.43 Å². The van der Waals surface area contributed by atoms with Crippen molar-refractivity contribution in [3.63, 3.8) is 0 Å². The van der Waals surface area contributed by atoms with Crippen LogP contribution in [0.5, 0.6) is 0 Å². The number of nitrogens with one attached hydrogen (secondary N) is 1. The molecule has 0 saturated heterocycles. The number of amides is 1. The highest BCUT2D eigenvalue weighted by Crippen LogP contribution is 2.24. The van der Waals surface area contributed by atoms with Gasteiger partial charge in [0.25, 0.3) is 15.9 Å². The lowest BCUT2D eigenvalue weighted by Crippen LogP contribution is -2.39. The van der Waals surface area contributed by atoms with Gasteiger partial charge in [-0.1, -0.05) is 48.0 Å². The molecule has 0 aliphatic rings. The molecule has 0 bridgehead atoms. The summed E-state index contributed by atoms with van der Waals surface area (Å²) < 4.78 is 28.4. The average Bonchev–Trinajstić information content (AvgIpc) is 2.75. The first-order valence-corrected chi connectivity index (χ1v) is 11.6. The molecule has 0 unspecified atom stereocenters. The molecule has 154 valence electrons. The van der Waals surface area contributed by atoms with E-state index in [2.05, 4.69) is 33.1 Å². The first kappa shape index (κ1) is 22.0. The van der Waals surface area contributed by atoms with Crippen LogP contribution in [0.4, 0.5) is 5.69 Å². The van der Waals surface area contributed by atoms with Gasteiger partial charge in [0, 0.05) is 3.57 Å². The standard InChI is InChI=1S/C22H20IN3O3S/c1-17-7-9-18(10-8-17)15-24-25-22(27)16-26(20-13-11-19(23)12-14-20)30(28,29)21-5-3-2-4-6-21/h2-15H,16H2,1H3,(H,25,27)/b24-15-. The van der Waals surface area contributed by atoms with E-state index < -0.39 is 22.5 Å². The van der Waals surface area contributed by atoms with Gasteiger partial charge in [-0.3, -0.25) is 9.10 Å². The van der Waals surface area contributed by atoms with E-state index >= 15 is 0 Å². The molecular formula is C22H20IN3O3S. The van der Waals surface area contributed by atoms with Gasteiger partial charge in [0.15, 0.2) is 0 Å². The van der Waals surface area contributed by atoms with Crippen LogP contribution in [-0.4, -0.2) is 27.1 Å².